The number of rotatable bonds is 7. The summed E-state index contributed by atoms with van der Waals surface area (Å²) in [6.07, 6.45) is 2.02. The van der Waals surface area contributed by atoms with Crippen molar-refractivity contribution >= 4 is 34.8 Å². The van der Waals surface area contributed by atoms with Gasteiger partial charge in [-0.25, -0.2) is 0 Å². The Morgan fingerprint density at radius 3 is 2.17 bits per heavy atom. The molecule has 0 unspecified atom stereocenters. The number of quaternary nitrogens is 1. The number of nitrogens with one attached hydrogen (secondary N) is 1. The molecule has 0 bridgehead atoms. The molecule has 2 aromatic rings. The van der Waals surface area contributed by atoms with Crippen LogP contribution < -0.4 is 10.6 Å². The topological polar surface area (TPSA) is 45.7 Å². The van der Waals surface area contributed by atoms with Crippen LogP contribution in [0.15, 0.2) is 48.5 Å². The molecule has 128 valence electrons. The van der Waals surface area contributed by atoms with Crippen LogP contribution >= 0.6 is 23.2 Å². The van der Waals surface area contributed by atoms with E-state index >= 15 is 0 Å². The molecule has 0 fully saturated rings. The van der Waals surface area contributed by atoms with Gasteiger partial charge in [0.2, 0.25) is 0 Å². The van der Waals surface area contributed by atoms with Gasteiger partial charge in [0.1, 0.15) is 0 Å². The van der Waals surface area contributed by atoms with E-state index < -0.39 is 0 Å². The molecule has 0 saturated carbocycles. The van der Waals surface area contributed by atoms with Gasteiger partial charge in [0, 0.05) is 21.3 Å². The van der Waals surface area contributed by atoms with Crippen molar-refractivity contribution in [3.8, 4) is 0 Å². The molecule has 0 aliphatic carbocycles. The number of hydrogen-bond acceptors (Lipinski definition) is 1. The average molecular weight is 366 g/mol. The van der Waals surface area contributed by atoms with Crippen molar-refractivity contribution in [2.75, 3.05) is 5.32 Å². The maximum absolute atomic E-state index is 12.9. The van der Waals surface area contributed by atoms with Crippen molar-refractivity contribution in [2.45, 2.75) is 38.8 Å². The number of carbonyl (C=O) groups is 1. The van der Waals surface area contributed by atoms with Crippen molar-refractivity contribution in [1.29, 1.82) is 0 Å². The SMILES string of the molecule is CCC(CC)[NH2+][C@H](C(=O)Nc1cc(Cl)cc(Cl)c1)c1ccccc1. The fourth-order valence-electron chi connectivity index (χ4n) is 2.69. The van der Waals surface area contributed by atoms with Crippen LogP contribution in [0.3, 0.4) is 0 Å². The minimum Gasteiger partial charge on any atom is -0.330 e. The minimum atomic E-state index is -0.311. The number of benzene rings is 2. The van der Waals surface area contributed by atoms with Gasteiger partial charge in [-0.15, -0.1) is 0 Å². The van der Waals surface area contributed by atoms with E-state index in [2.05, 4.69) is 24.5 Å². The summed E-state index contributed by atoms with van der Waals surface area (Å²) in [6.45, 7) is 4.28. The highest BCUT2D eigenvalue weighted by molar-refractivity contribution is 6.35. The van der Waals surface area contributed by atoms with E-state index in [4.69, 9.17) is 23.2 Å². The first-order chi connectivity index (χ1) is 11.5. The monoisotopic (exact) mass is 365 g/mol. The van der Waals surface area contributed by atoms with Gasteiger partial charge >= 0.3 is 0 Å². The molecular formula is C19H23Cl2N2O+. The summed E-state index contributed by atoms with van der Waals surface area (Å²) in [7, 11) is 0. The van der Waals surface area contributed by atoms with E-state index in [0.29, 0.717) is 21.8 Å². The van der Waals surface area contributed by atoms with E-state index in [1.54, 1.807) is 18.2 Å². The lowest BCUT2D eigenvalue weighted by Crippen LogP contribution is -2.92. The van der Waals surface area contributed by atoms with Gasteiger partial charge in [-0.05, 0) is 31.0 Å². The molecule has 0 spiro atoms. The first kappa shape index (κ1) is 18.8. The number of amides is 1. The van der Waals surface area contributed by atoms with Crippen molar-refractivity contribution in [1.82, 2.24) is 0 Å². The van der Waals surface area contributed by atoms with Gasteiger partial charge in [-0.1, -0.05) is 67.4 Å². The van der Waals surface area contributed by atoms with Crippen LogP contribution in [-0.4, -0.2) is 11.9 Å². The highest BCUT2D eigenvalue weighted by Gasteiger charge is 2.26. The normalized spacial score (nSPS) is 12.2. The van der Waals surface area contributed by atoms with Crippen LogP contribution in [0.25, 0.3) is 0 Å². The molecule has 0 aliphatic heterocycles. The fraction of sp³-hybridized carbons (Fsp3) is 0.316. The maximum Gasteiger partial charge on any atom is 0.287 e. The number of anilines is 1. The Hall–Kier alpha value is -1.55. The molecule has 1 atom stereocenters. The quantitative estimate of drug-likeness (QED) is 0.748. The number of nitrogens with two attached hydrogens (primary N) is 1. The molecule has 0 aromatic heterocycles. The van der Waals surface area contributed by atoms with Crippen molar-refractivity contribution in [2.24, 2.45) is 0 Å². The molecule has 0 saturated heterocycles. The zero-order valence-electron chi connectivity index (χ0n) is 13.9. The lowest BCUT2D eigenvalue weighted by molar-refractivity contribution is -0.715. The molecule has 2 rings (SSSR count). The van der Waals surface area contributed by atoms with E-state index in [9.17, 15) is 4.79 Å². The van der Waals surface area contributed by atoms with Crippen LogP contribution in [0, 0.1) is 0 Å². The predicted molar refractivity (Wildman–Crippen MR) is 101 cm³/mol. The van der Waals surface area contributed by atoms with E-state index in [1.165, 1.54) is 0 Å². The molecule has 0 radical (unpaired) electrons. The Kier molecular flexibility index (Phi) is 7.10. The van der Waals surface area contributed by atoms with E-state index in [0.717, 1.165) is 18.4 Å². The second kappa shape index (κ2) is 9.07. The zero-order valence-corrected chi connectivity index (χ0v) is 15.4. The van der Waals surface area contributed by atoms with Crippen LogP contribution in [-0.2, 0) is 4.79 Å². The number of hydrogen-bond donors (Lipinski definition) is 2. The van der Waals surface area contributed by atoms with E-state index in [1.807, 2.05) is 30.3 Å². The number of carbonyl (C=O) groups excluding carboxylic acids is 1. The first-order valence-corrected chi connectivity index (χ1v) is 8.96. The highest BCUT2D eigenvalue weighted by Crippen LogP contribution is 2.23. The zero-order chi connectivity index (χ0) is 17.5. The summed E-state index contributed by atoms with van der Waals surface area (Å²) in [6, 6.07) is 14.9. The molecule has 3 N–H and O–H groups in total. The second-order valence-electron chi connectivity index (χ2n) is 5.80. The standard InChI is InChI=1S/C19H22Cl2N2O/c1-3-16(4-2)22-18(13-8-6-5-7-9-13)19(24)23-17-11-14(20)10-15(21)12-17/h5-12,16,18,22H,3-4H2,1-2H3,(H,23,24)/p+1/t18-/m0/s1. The minimum absolute atomic E-state index is 0.0774. The third-order valence-electron chi connectivity index (χ3n) is 4.08. The molecule has 1 amide bonds. The van der Waals surface area contributed by atoms with Gasteiger partial charge < -0.3 is 10.6 Å². The Labute approximate surface area is 153 Å². The molecule has 24 heavy (non-hydrogen) atoms. The van der Waals surface area contributed by atoms with Crippen LogP contribution in [0.4, 0.5) is 5.69 Å². The van der Waals surface area contributed by atoms with Gasteiger partial charge in [0.25, 0.3) is 5.91 Å². The summed E-state index contributed by atoms with van der Waals surface area (Å²) < 4.78 is 0. The predicted octanol–water partition coefficient (Wildman–Crippen LogP) is 4.43. The second-order valence-corrected chi connectivity index (χ2v) is 6.68. The summed E-state index contributed by atoms with van der Waals surface area (Å²) in [4.78, 5) is 12.9. The summed E-state index contributed by atoms with van der Waals surface area (Å²) >= 11 is 12.0. The fourth-order valence-corrected chi connectivity index (χ4v) is 3.22. The first-order valence-electron chi connectivity index (χ1n) is 8.20. The molecule has 0 heterocycles. The molecule has 5 heteroatoms. The third-order valence-corrected chi connectivity index (χ3v) is 4.52. The molecule has 0 aliphatic rings. The Balaban J connectivity index is 2.23. The Morgan fingerprint density at radius 2 is 1.62 bits per heavy atom. The number of halogens is 2. The van der Waals surface area contributed by atoms with Crippen LogP contribution in [0.5, 0.6) is 0 Å². The van der Waals surface area contributed by atoms with Crippen molar-refractivity contribution in [3.63, 3.8) is 0 Å². The Bertz CT molecular complexity index is 652. The van der Waals surface area contributed by atoms with Crippen molar-refractivity contribution < 1.29 is 10.1 Å². The summed E-state index contributed by atoms with van der Waals surface area (Å²) in [5.41, 5.74) is 1.59. The summed E-state index contributed by atoms with van der Waals surface area (Å²) in [5, 5.41) is 6.07. The molecule has 2 aromatic carbocycles. The van der Waals surface area contributed by atoms with E-state index in [-0.39, 0.29) is 11.9 Å². The van der Waals surface area contributed by atoms with Crippen LogP contribution in [0.2, 0.25) is 10.0 Å². The Morgan fingerprint density at radius 1 is 1.04 bits per heavy atom. The van der Waals surface area contributed by atoms with Gasteiger partial charge in [-0.3, -0.25) is 4.79 Å². The van der Waals surface area contributed by atoms with Crippen LogP contribution in [0.1, 0.15) is 38.3 Å². The smallest absolute Gasteiger partial charge is 0.287 e. The van der Waals surface area contributed by atoms with Gasteiger partial charge in [-0.2, -0.15) is 0 Å². The maximum atomic E-state index is 12.9. The highest BCUT2D eigenvalue weighted by atomic mass is 35.5. The lowest BCUT2D eigenvalue weighted by atomic mass is 10.0. The summed E-state index contributed by atoms with van der Waals surface area (Å²) in [5.74, 6) is -0.0774. The molecular weight excluding hydrogens is 343 g/mol. The largest absolute Gasteiger partial charge is 0.330 e. The third kappa shape index (κ3) is 5.23. The average Bonchev–Trinajstić information content (AvgIpc) is 2.55. The van der Waals surface area contributed by atoms with Gasteiger partial charge in [0.05, 0.1) is 6.04 Å². The lowest BCUT2D eigenvalue weighted by Gasteiger charge is -2.21. The van der Waals surface area contributed by atoms with Gasteiger partial charge in [0.15, 0.2) is 6.04 Å². The van der Waals surface area contributed by atoms with Crippen molar-refractivity contribution in [3.05, 3.63) is 64.1 Å². The molecule has 3 nitrogen and oxygen atoms in total.